The van der Waals surface area contributed by atoms with Crippen molar-refractivity contribution in [1.29, 1.82) is 0 Å². The van der Waals surface area contributed by atoms with Gasteiger partial charge in [0, 0.05) is 17.3 Å². The van der Waals surface area contributed by atoms with Crippen LogP contribution in [0.25, 0.3) is 0 Å². The van der Waals surface area contributed by atoms with Crippen LogP contribution in [0.3, 0.4) is 0 Å². The fourth-order valence-corrected chi connectivity index (χ4v) is 2.40. The molecule has 0 heterocycles. The highest BCUT2D eigenvalue weighted by atomic mass is 16.2. The summed E-state index contributed by atoms with van der Waals surface area (Å²) in [6.45, 7) is 0. The maximum absolute atomic E-state index is 12.7. The summed E-state index contributed by atoms with van der Waals surface area (Å²) in [6, 6.07) is 19.8. The smallest absolute Gasteiger partial charge is 0.234 e. The summed E-state index contributed by atoms with van der Waals surface area (Å²) >= 11 is 0. The molecule has 1 saturated carbocycles. The Kier molecular flexibility index (Phi) is 3.32. The van der Waals surface area contributed by atoms with E-state index in [4.69, 9.17) is 0 Å². The van der Waals surface area contributed by atoms with E-state index in [-0.39, 0.29) is 11.8 Å². The maximum Gasteiger partial charge on any atom is 0.234 e. The highest BCUT2D eigenvalue weighted by Gasteiger charge is 2.30. The zero-order valence-electron chi connectivity index (χ0n) is 10.8. The normalized spacial score (nSPS) is 14.7. The first kappa shape index (κ1) is 12.0. The Morgan fingerprint density at radius 1 is 0.842 bits per heavy atom. The molecule has 2 nitrogen and oxygen atoms in total. The number of rotatable bonds is 3. The van der Waals surface area contributed by atoms with Crippen LogP contribution >= 0.6 is 0 Å². The molecule has 0 bridgehead atoms. The van der Waals surface area contributed by atoms with Gasteiger partial charge < -0.3 is 0 Å². The van der Waals surface area contributed by atoms with E-state index < -0.39 is 0 Å². The molecule has 3 rings (SSSR count). The summed E-state index contributed by atoms with van der Waals surface area (Å²) in [7, 11) is 0. The third-order valence-corrected chi connectivity index (χ3v) is 3.70. The zero-order valence-corrected chi connectivity index (χ0v) is 10.8. The summed E-state index contributed by atoms with van der Waals surface area (Å²) in [6.07, 6.45) is 3.22. The molecular formula is C17H17NO. The van der Waals surface area contributed by atoms with Crippen LogP contribution in [-0.2, 0) is 4.79 Å². The van der Waals surface area contributed by atoms with Gasteiger partial charge in [-0.3, -0.25) is 9.69 Å². The second-order valence-electron chi connectivity index (χ2n) is 4.97. The van der Waals surface area contributed by atoms with Crippen molar-refractivity contribution < 1.29 is 4.79 Å². The number of nitrogens with zero attached hydrogens (tertiary/aromatic N) is 1. The van der Waals surface area contributed by atoms with E-state index in [1.54, 1.807) is 0 Å². The molecule has 0 spiro atoms. The predicted molar refractivity (Wildman–Crippen MR) is 77.4 cm³/mol. The number of para-hydroxylation sites is 2. The Balaban J connectivity index is 1.98. The number of amides is 1. The Bertz CT molecular complexity index is 506. The van der Waals surface area contributed by atoms with Gasteiger partial charge in [-0.05, 0) is 37.1 Å². The number of hydrogen-bond acceptors (Lipinski definition) is 1. The number of benzene rings is 2. The molecule has 96 valence electrons. The molecular weight excluding hydrogens is 234 g/mol. The summed E-state index contributed by atoms with van der Waals surface area (Å²) in [5, 5.41) is 0. The number of hydrogen-bond donors (Lipinski definition) is 0. The van der Waals surface area contributed by atoms with Gasteiger partial charge in [-0.15, -0.1) is 0 Å². The lowest BCUT2D eigenvalue weighted by molar-refractivity contribution is -0.123. The second-order valence-corrected chi connectivity index (χ2v) is 4.97. The van der Waals surface area contributed by atoms with Crippen LogP contribution in [-0.4, -0.2) is 5.91 Å². The van der Waals surface area contributed by atoms with E-state index in [9.17, 15) is 4.79 Å². The van der Waals surface area contributed by atoms with Gasteiger partial charge in [0.1, 0.15) is 0 Å². The van der Waals surface area contributed by atoms with Crippen LogP contribution in [0, 0.1) is 5.92 Å². The highest BCUT2D eigenvalue weighted by Crippen LogP contribution is 2.34. The summed E-state index contributed by atoms with van der Waals surface area (Å²) < 4.78 is 0. The predicted octanol–water partition coefficient (Wildman–Crippen LogP) is 4.15. The van der Waals surface area contributed by atoms with Crippen molar-refractivity contribution in [1.82, 2.24) is 0 Å². The molecule has 0 radical (unpaired) electrons. The van der Waals surface area contributed by atoms with Crippen molar-refractivity contribution in [3.05, 3.63) is 60.7 Å². The number of carbonyl (C=O) groups excluding carboxylic acids is 1. The Hall–Kier alpha value is -2.09. The van der Waals surface area contributed by atoms with E-state index in [1.165, 1.54) is 6.42 Å². The molecule has 1 amide bonds. The van der Waals surface area contributed by atoms with E-state index >= 15 is 0 Å². The van der Waals surface area contributed by atoms with Gasteiger partial charge in [0.2, 0.25) is 5.91 Å². The highest BCUT2D eigenvalue weighted by molar-refractivity contribution is 6.02. The van der Waals surface area contributed by atoms with Gasteiger partial charge in [0.05, 0.1) is 0 Å². The van der Waals surface area contributed by atoms with Crippen molar-refractivity contribution in [3.63, 3.8) is 0 Å². The molecule has 1 aliphatic carbocycles. The first-order valence-electron chi connectivity index (χ1n) is 6.80. The van der Waals surface area contributed by atoms with Crippen molar-refractivity contribution in [3.8, 4) is 0 Å². The topological polar surface area (TPSA) is 20.3 Å². The molecule has 0 aliphatic heterocycles. The minimum atomic E-state index is 0.195. The summed E-state index contributed by atoms with van der Waals surface area (Å²) in [5.41, 5.74) is 1.90. The lowest BCUT2D eigenvalue weighted by atomic mass is 9.84. The molecule has 0 unspecified atom stereocenters. The van der Waals surface area contributed by atoms with Gasteiger partial charge >= 0.3 is 0 Å². The maximum atomic E-state index is 12.7. The fraction of sp³-hybridized carbons (Fsp3) is 0.235. The SMILES string of the molecule is O=C(C1CCC1)N(c1ccccc1)c1ccccc1. The fourth-order valence-electron chi connectivity index (χ4n) is 2.40. The minimum Gasteiger partial charge on any atom is -0.281 e. The van der Waals surface area contributed by atoms with E-state index in [2.05, 4.69) is 0 Å². The van der Waals surface area contributed by atoms with Gasteiger partial charge in [0.15, 0.2) is 0 Å². The van der Waals surface area contributed by atoms with Gasteiger partial charge in [-0.2, -0.15) is 0 Å². The molecule has 0 atom stereocenters. The second kappa shape index (κ2) is 5.27. The van der Waals surface area contributed by atoms with Gasteiger partial charge in [0.25, 0.3) is 0 Å². The Morgan fingerprint density at radius 2 is 1.32 bits per heavy atom. The van der Waals surface area contributed by atoms with Crippen LogP contribution < -0.4 is 4.90 Å². The average molecular weight is 251 g/mol. The first-order valence-corrected chi connectivity index (χ1v) is 6.80. The van der Waals surface area contributed by atoms with Crippen molar-refractivity contribution in [2.45, 2.75) is 19.3 Å². The third kappa shape index (κ3) is 2.39. The summed E-state index contributed by atoms with van der Waals surface area (Å²) in [4.78, 5) is 14.5. The molecule has 1 fully saturated rings. The van der Waals surface area contributed by atoms with Crippen LogP contribution in [0.5, 0.6) is 0 Å². The molecule has 1 aliphatic rings. The molecule has 19 heavy (non-hydrogen) atoms. The quantitative estimate of drug-likeness (QED) is 0.802. The van der Waals surface area contributed by atoms with Crippen LogP contribution in [0.1, 0.15) is 19.3 Å². The molecule has 0 aromatic heterocycles. The third-order valence-electron chi connectivity index (χ3n) is 3.70. The number of anilines is 2. The standard InChI is InChI=1S/C17H17NO/c19-17(14-8-7-9-14)18(15-10-3-1-4-11-15)16-12-5-2-6-13-16/h1-6,10-14H,7-9H2. The van der Waals surface area contributed by atoms with Crippen LogP contribution in [0.15, 0.2) is 60.7 Å². The lowest BCUT2D eigenvalue weighted by Gasteiger charge is -2.31. The molecule has 0 saturated heterocycles. The van der Waals surface area contributed by atoms with Crippen molar-refractivity contribution >= 4 is 17.3 Å². The molecule has 2 heteroatoms. The molecule has 2 aromatic rings. The Morgan fingerprint density at radius 3 is 1.68 bits per heavy atom. The van der Waals surface area contributed by atoms with Gasteiger partial charge in [-0.25, -0.2) is 0 Å². The largest absolute Gasteiger partial charge is 0.281 e. The average Bonchev–Trinajstić information content (AvgIpc) is 2.39. The van der Waals surface area contributed by atoms with E-state index in [0.717, 1.165) is 24.2 Å². The number of carbonyl (C=O) groups is 1. The van der Waals surface area contributed by atoms with E-state index in [0.29, 0.717) is 0 Å². The summed E-state index contributed by atoms with van der Waals surface area (Å²) in [5.74, 6) is 0.420. The lowest BCUT2D eigenvalue weighted by Crippen LogP contribution is -2.35. The monoisotopic (exact) mass is 251 g/mol. The van der Waals surface area contributed by atoms with Gasteiger partial charge in [-0.1, -0.05) is 42.8 Å². The first-order chi connectivity index (χ1) is 9.36. The Labute approximate surface area is 113 Å². The van der Waals surface area contributed by atoms with Crippen molar-refractivity contribution in [2.75, 3.05) is 4.90 Å². The minimum absolute atomic E-state index is 0.195. The van der Waals surface area contributed by atoms with Crippen LogP contribution in [0.4, 0.5) is 11.4 Å². The van der Waals surface area contributed by atoms with Crippen molar-refractivity contribution in [2.24, 2.45) is 5.92 Å². The molecule has 2 aromatic carbocycles. The van der Waals surface area contributed by atoms with Crippen LogP contribution in [0.2, 0.25) is 0 Å². The zero-order chi connectivity index (χ0) is 13.1. The molecule has 0 N–H and O–H groups in total. The van der Waals surface area contributed by atoms with E-state index in [1.807, 2.05) is 65.6 Å².